The molecule has 0 saturated carbocycles. The molecule has 0 radical (unpaired) electrons. The minimum atomic E-state index is -2.83. The molecule has 6 aromatic carbocycles. The highest BCUT2D eigenvalue weighted by molar-refractivity contribution is 7.80. The molecule has 0 amide bonds. The fourth-order valence-corrected chi connectivity index (χ4v) is 7.19. The number of benzene rings is 6. The summed E-state index contributed by atoms with van der Waals surface area (Å²) < 4.78 is 30.2. The number of ketones is 1. The Hall–Kier alpha value is -6.01. The maximum absolute atomic E-state index is 13.7. The van der Waals surface area contributed by atoms with Crippen LogP contribution in [0.4, 0.5) is 11.4 Å². The number of rotatable bonds is 13. The van der Waals surface area contributed by atoms with Gasteiger partial charge in [-0.2, -0.15) is 0 Å². The summed E-state index contributed by atoms with van der Waals surface area (Å²) in [6, 6.07) is 42.1. The number of nitrogens with one attached hydrogen (secondary N) is 1. The van der Waals surface area contributed by atoms with Crippen LogP contribution in [0.25, 0.3) is 21.9 Å². The smallest absolute Gasteiger partial charge is 0.324 e. The number of carbonyl (C=O) groups is 2. The van der Waals surface area contributed by atoms with Crippen molar-refractivity contribution in [1.29, 1.82) is 0 Å². The van der Waals surface area contributed by atoms with Gasteiger partial charge in [0, 0.05) is 5.56 Å². The lowest BCUT2D eigenvalue weighted by Crippen LogP contribution is -2.57. The summed E-state index contributed by atoms with van der Waals surface area (Å²) in [5.41, 5.74) is 1.78. The molecule has 0 fully saturated rings. The number of Topliss-reactive ketones (excluding diaryl/α,β-unsaturated/α-hetero) is 1. The molecule has 0 spiro atoms. The third-order valence-electron chi connectivity index (χ3n) is 9.06. The molecule has 262 valence electrons. The Kier molecular flexibility index (Phi) is 10.7. The van der Waals surface area contributed by atoms with Crippen LogP contribution in [-0.2, 0) is 26.3 Å². The van der Waals surface area contributed by atoms with Gasteiger partial charge in [-0.1, -0.05) is 121 Å². The van der Waals surface area contributed by atoms with Crippen LogP contribution < -0.4 is 9.62 Å². The van der Waals surface area contributed by atoms with Crippen molar-refractivity contribution < 1.29 is 28.0 Å². The maximum Gasteiger partial charge on any atom is 0.324 e. The Morgan fingerprint density at radius 1 is 0.808 bits per heavy atom. The summed E-state index contributed by atoms with van der Waals surface area (Å²) >= 11 is -2.83. The number of esters is 1. The van der Waals surface area contributed by atoms with Gasteiger partial charge >= 0.3 is 11.7 Å². The standard InChI is InChI=1S/C41H35N3O7S/c1-28(45)29-21-22-31-26-32(24-23-30(31)25-29)36-19-12-20-38(39(36)44(47)48)43(52(49)50)27-37(40(46)51-2)42-41(33-13-6-3-7-14-33,34-15-8-4-9-16-34)35-17-10-5-11-18-35/h3-26,37,42H,27H2,1-2H3,(H,49,50)/t37-/m0/s1. The van der Waals surface area contributed by atoms with Crippen molar-refractivity contribution in [1.82, 2.24) is 5.32 Å². The van der Waals surface area contributed by atoms with Gasteiger partial charge in [-0.3, -0.25) is 33.9 Å². The van der Waals surface area contributed by atoms with Crippen molar-refractivity contribution in [2.24, 2.45) is 0 Å². The second kappa shape index (κ2) is 15.5. The van der Waals surface area contributed by atoms with Crippen LogP contribution >= 0.6 is 0 Å². The van der Waals surface area contributed by atoms with Gasteiger partial charge in [-0.15, -0.1) is 0 Å². The topological polar surface area (TPSA) is 139 Å². The highest BCUT2D eigenvalue weighted by atomic mass is 32.2. The third-order valence-corrected chi connectivity index (χ3v) is 9.78. The molecule has 0 aliphatic rings. The first-order valence-electron chi connectivity index (χ1n) is 16.4. The predicted octanol–water partition coefficient (Wildman–Crippen LogP) is 7.68. The van der Waals surface area contributed by atoms with Crippen LogP contribution in [0.15, 0.2) is 146 Å². The van der Waals surface area contributed by atoms with Crippen LogP contribution in [0.5, 0.6) is 0 Å². The van der Waals surface area contributed by atoms with E-state index in [0.29, 0.717) is 11.1 Å². The van der Waals surface area contributed by atoms with Crippen molar-refractivity contribution in [3.8, 4) is 11.1 Å². The van der Waals surface area contributed by atoms with Crippen molar-refractivity contribution in [3.63, 3.8) is 0 Å². The second-order valence-electron chi connectivity index (χ2n) is 12.1. The van der Waals surface area contributed by atoms with Gasteiger partial charge in [0.05, 0.1) is 29.7 Å². The zero-order chi connectivity index (χ0) is 36.8. The van der Waals surface area contributed by atoms with Gasteiger partial charge < -0.3 is 4.74 Å². The highest BCUT2D eigenvalue weighted by Gasteiger charge is 2.42. The van der Waals surface area contributed by atoms with Crippen LogP contribution in [-0.4, -0.2) is 45.1 Å². The maximum atomic E-state index is 13.7. The van der Waals surface area contributed by atoms with Gasteiger partial charge in [0.1, 0.15) is 11.7 Å². The first-order valence-corrected chi connectivity index (χ1v) is 17.4. The van der Waals surface area contributed by atoms with Gasteiger partial charge in [-0.25, -0.2) is 4.21 Å². The van der Waals surface area contributed by atoms with E-state index in [2.05, 4.69) is 5.32 Å². The molecule has 0 heterocycles. The van der Waals surface area contributed by atoms with E-state index in [1.165, 1.54) is 20.1 Å². The number of methoxy groups -OCH3 is 1. The van der Waals surface area contributed by atoms with E-state index >= 15 is 0 Å². The predicted molar refractivity (Wildman–Crippen MR) is 202 cm³/mol. The zero-order valence-electron chi connectivity index (χ0n) is 28.3. The molecule has 52 heavy (non-hydrogen) atoms. The summed E-state index contributed by atoms with van der Waals surface area (Å²) in [5.74, 6) is -0.833. The molecule has 2 N–H and O–H groups in total. The van der Waals surface area contributed by atoms with Crippen molar-refractivity contribution >= 4 is 45.2 Å². The summed E-state index contributed by atoms with van der Waals surface area (Å²) in [7, 11) is 1.22. The number of carbonyl (C=O) groups excluding carboxylic acids is 2. The minimum absolute atomic E-state index is 0.0836. The average molecular weight is 714 g/mol. The van der Waals surface area contributed by atoms with Crippen molar-refractivity contribution in [2.75, 3.05) is 18.0 Å². The molecule has 10 nitrogen and oxygen atoms in total. The molecule has 1 unspecified atom stereocenters. The fraction of sp³-hybridized carbons (Fsp3) is 0.122. The lowest BCUT2D eigenvalue weighted by Gasteiger charge is -2.40. The lowest BCUT2D eigenvalue weighted by atomic mass is 9.76. The summed E-state index contributed by atoms with van der Waals surface area (Å²) in [4.78, 5) is 37.9. The summed E-state index contributed by atoms with van der Waals surface area (Å²) in [6.07, 6.45) is 0. The van der Waals surface area contributed by atoms with E-state index in [9.17, 15) is 28.5 Å². The van der Waals surface area contributed by atoms with Crippen LogP contribution in [0.2, 0.25) is 0 Å². The molecular weight excluding hydrogens is 679 g/mol. The van der Waals surface area contributed by atoms with E-state index in [0.717, 1.165) is 31.8 Å². The molecule has 0 saturated heterocycles. The molecular formula is C41H35N3O7S. The Bertz CT molecular complexity index is 2170. The highest BCUT2D eigenvalue weighted by Crippen LogP contribution is 2.41. The van der Waals surface area contributed by atoms with Crippen molar-refractivity contribution in [3.05, 3.63) is 178 Å². The Labute approximate surface area is 303 Å². The first-order chi connectivity index (χ1) is 25.1. The number of hydrogen-bond donors (Lipinski definition) is 2. The first kappa shape index (κ1) is 35.8. The molecule has 0 bridgehead atoms. The monoisotopic (exact) mass is 713 g/mol. The molecule has 2 atom stereocenters. The van der Waals surface area contributed by atoms with Gasteiger partial charge in [-0.05, 0) is 64.2 Å². The molecule has 6 aromatic rings. The Morgan fingerprint density at radius 3 is 1.85 bits per heavy atom. The average Bonchev–Trinajstić information content (AvgIpc) is 3.18. The normalized spacial score (nSPS) is 12.5. The van der Waals surface area contributed by atoms with E-state index in [-0.39, 0.29) is 17.0 Å². The minimum Gasteiger partial charge on any atom is -0.468 e. The van der Waals surface area contributed by atoms with Gasteiger partial charge in [0.25, 0.3) is 11.3 Å². The van der Waals surface area contributed by atoms with E-state index in [1.807, 2.05) is 91.0 Å². The summed E-state index contributed by atoms with van der Waals surface area (Å²) in [5, 5.41) is 17.9. The summed E-state index contributed by atoms with van der Waals surface area (Å²) in [6.45, 7) is 0.992. The number of hydrogen-bond acceptors (Lipinski definition) is 7. The van der Waals surface area contributed by atoms with Crippen molar-refractivity contribution in [2.45, 2.75) is 18.5 Å². The number of nitro groups is 1. The number of ether oxygens (including phenoxy) is 1. The largest absolute Gasteiger partial charge is 0.468 e. The number of nitro benzene ring substituents is 1. The van der Waals surface area contributed by atoms with Gasteiger partial charge in [0.15, 0.2) is 5.78 Å². The van der Waals surface area contributed by atoms with E-state index in [4.69, 9.17) is 4.74 Å². The zero-order valence-corrected chi connectivity index (χ0v) is 29.2. The van der Waals surface area contributed by atoms with Crippen LogP contribution in [0, 0.1) is 10.1 Å². The Morgan fingerprint density at radius 2 is 1.35 bits per heavy atom. The number of anilines is 1. The Balaban J connectivity index is 1.48. The molecule has 0 aliphatic heterocycles. The fourth-order valence-electron chi connectivity index (χ4n) is 6.60. The lowest BCUT2D eigenvalue weighted by molar-refractivity contribution is -0.383. The third kappa shape index (κ3) is 7.10. The van der Waals surface area contributed by atoms with Crippen LogP contribution in [0.3, 0.4) is 0 Å². The number of fused-ring (bicyclic) bond motifs is 1. The number of nitrogens with zero attached hydrogens (tertiary/aromatic N) is 2. The van der Waals surface area contributed by atoms with Crippen LogP contribution in [0.1, 0.15) is 34.0 Å². The molecule has 0 aromatic heterocycles. The van der Waals surface area contributed by atoms with E-state index in [1.54, 1.807) is 48.5 Å². The quantitative estimate of drug-likeness (QED) is 0.0310. The van der Waals surface area contributed by atoms with E-state index < -0.39 is 46.0 Å². The second-order valence-corrected chi connectivity index (χ2v) is 13.0. The molecule has 11 heteroatoms. The molecule has 0 aliphatic carbocycles. The van der Waals surface area contributed by atoms with Gasteiger partial charge in [0.2, 0.25) is 0 Å². The molecule has 6 rings (SSSR count). The number of para-hydroxylation sites is 1. The SMILES string of the molecule is COC(=O)[C@H](CN(c1cccc(-c2ccc3cc(C(C)=O)ccc3c2)c1[N+](=O)[O-])S(=O)O)NC(c1ccccc1)(c1ccccc1)c1ccccc1.